The number of aryl methyl sites for hydroxylation is 2. The molecule has 1 heterocycles. The number of ether oxygens (including phenoxy) is 1. The third kappa shape index (κ3) is 3.31. The van der Waals surface area contributed by atoms with Crippen LogP contribution < -0.4 is 15.0 Å². The summed E-state index contributed by atoms with van der Waals surface area (Å²) in [5.41, 5.74) is 4.51. The summed E-state index contributed by atoms with van der Waals surface area (Å²) in [6.07, 6.45) is 2.02. The molecule has 0 aliphatic carbocycles. The highest BCUT2D eigenvalue weighted by Gasteiger charge is 2.21. The van der Waals surface area contributed by atoms with Crippen molar-refractivity contribution in [2.45, 2.75) is 26.7 Å². The molecular formula is C19H22N2O2. The Bertz CT molecular complexity index is 712. The standard InChI is InChI=1S/C19H22N2O2/c1-14-7-5-11-18(15(14)2)23-13-20-19(22)21-12-6-9-16-8-3-4-10-17(16)21/h3-5,7-8,10-11H,6,9,12-13H2,1-2H3,(H,20,22). The van der Waals surface area contributed by atoms with E-state index in [9.17, 15) is 4.79 Å². The molecule has 0 radical (unpaired) electrons. The van der Waals surface area contributed by atoms with Gasteiger partial charge in [0.05, 0.1) is 0 Å². The summed E-state index contributed by atoms with van der Waals surface area (Å²) in [6.45, 7) is 4.98. The molecule has 0 spiro atoms. The number of carbonyl (C=O) groups is 1. The highest BCUT2D eigenvalue weighted by molar-refractivity contribution is 5.93. The lowest BCUT2D eigenvalue weighted by Crippen LogP contribution is -2.44. The fourth-order valence-corrected chi connectivity index (χ4v) is 2.90. The zero-order chi connectivity index (χ0) is 16.2. The summed E-state index contributed by atoms with van der Waals surface area (Å²) < 4.78 is 5.71. The van der Waals surface area contributed by atoms with Gasteiger partial charge in [-0.25, -0.2) is 4.79 Å². The van der Waals surface area contributed by atoms with Crippen molar-refractivity contribution < 1.29 is 9.53 Å². The molecule has 0 aromatic heterocycles. The van der Waals surface area contributed by atoms with E-state index in [-0.39, 0.29) is 12.8 Å². The molecule has 0 saturated carbocycles. The molecule has 4 heteroatoms. The number of rotatable bonds is 3. The van der Waals surface area contributed by atoms with Gasteiger partial charge in [0.1, 0.15) is 5.75 Å². The molecule has 0 bridgehead atoms. The maximum absolute atomic E-state index is 12.4. The molecule has 0 unspecified atom stereocenters. The number of urea groups is 1. The molecule has 4 nitrogen and oxygen atoms in total. The first kappa shape index (κ1) is 15.4. The summed E-state index contributed by atoms with van der Waals surface area (Å²) in [6, 6.07) is 13.9. The molecule has 23 heavy (non-hydrogen) atoms. The molecule has 120 valence electrons. The van der Waals surface area contributed by atoms with Crippen molar-refractivity contribution in [3.05, 3.63) is 59.2 Å². The lowest BCUT2D eigenvalue weighted by molar-refractivity contribution is 0.228. The molecule has 0 saturated heterocycles. The number of anilines is 1. The van der Waals surface area contributed by atoms with Gasteiger partial charge in [-0.15, -0.1) is 0 Å². The van der Waals surface area contributed by atoms with Gasteiger partial charge in [0.15, 0.2) is 6.73 Å². The number of hydrogen-bond donors (Lipinski definition) is 1. The minimum absolute atomic E-state index is 0.109. The van der Waals surface area contributed by atoms with Gasteiger partial charge in [-0.05, 0) is 55.5 Å². The van der Waals surface area contributed by atoms with Gasteiger partial charge in [0.25, 0.3) is 0 Å². The fraction of sp³-hybridized carbons (Fsp3) is 0.316. The average Bonchev–Trinajstić information content (AvgIpc) is 2.58. The predicted molar refractivity (Wildman–Crippen MR) is 92.1 cm³/mol. The largest absolute Gasteiger partial charge is 0.473 e. The molecular weight excluding hydrogens is 288 g/mol. The quantitative estimate of drug-likeness (QED) is 0.876. The number of hydrogen-bond acceptors (Lipinski definition) is 2. The van der Waals surface area contributed by atoms with Crippen LogP contribution in [0.4, 0.5) is 10.5 Å². The molecule has 2 aromatic rings. The highest BCUT2D eigenvalue weighted by Crippen LogP contribution is 2.26. The molecule has 3 rings (SSSR count). The molecule has 2 aromatic carbocycles. The average molecular weight is 310 g/mol. The first-order valence-corrected chi connectivity index (χ1v) is 7.99. The van der Waals surface area contributed by atoms with Crippen LogP contribution in [0, 0.1) is 13.8 Å². The van der Waals surface area contributed by atoms with Crippen molar-refractivity contribution >= 4 is 11.7 Å². The summed E-state index contributed by atoms with van der Waals surface area (Å²) in [7, 11) is 0. The van der Waals surface area contributed by atoms with Crippen LogP contribution in [0.15, 0.2) is 42.5 Å². The maximum atomic E-state index is 12.4. The SMILES string of the molecule is Cc1cccc(OCNC(=O)N2CCCc3ccccc32)c1C. The van der Waals surface area contributed by atoms with Crippen LogP contribution in [0.2, 0.25) is 0 Å². The van der Waals surface area contributed by atoms with Crippen LogP contribution in [-0.4, -0.2) is 19.3 Å². The zero-order valence-corrected chi connectivity index (χ0v) is 13.6. The Morgan fingerprint density at radius 2 is 2.00 bits per heavy atom. The van der Waals surface area contributed by atoms with Crippen molar-refractivity contribution in [1.82, 2.24) is 5.32 Å². The van der Waals surface area contributed by atoms with Crippen molar-refractivity contribution in [2.24, 2.45) is 0 Å². The van der Waals surface area contributed by atoms with Crippen molar-refractivity contribution in [1.29, 1.82) is 0 Å². The van der Waals surface area contributed by atoms with Crippen LogP contribution in [0.25, 0.3) is 0 Å². The Morgan fingerprint density at radius 3 is 2.87 bits per heavy atom. The maximum Gasteiger partial charge on any atom is 0.324 e. The molecule has 0 atom stereocenters. The third-order valence-electron chi connectivity index (χ3n) is 4.36. The van der Waals surface area contributed by atoms with Crippen molar-refractivity contribution in [2.75, 3.05) is 18.2 Å². The smallest absolute Gasteiger partial charge is 0.324 e. The van der Waals surface area contributed by atoms with Crippen molar-refractivity contribution in [3.63, 3.8) is 0 Å². The normalized spacial score (nSPS) is 13.4. The second-order valence-corrected chi connectivity index (χ2v) is 5.85. The van der Waals surface area contributed by atoms with Gasteiger partial charge in [-0.1, -0.05) is 30.3 Å². The molecule has 1 N–H and O–H groups in total. The first-order valence-electron chi connectivity index (χ1n) is 7.99. The number of nitrogens with zero attached hydrogens (tertiary/aromatic N) is 1. The number of benzene rings is 2. The van der Waals surface area contributed by atoms with Gasteiger partial charge in [0.2, 0.25) is 0 Å². The van der Waals surface area contributed by atoms with Crippen LogP contribution in [0.1, 0.15) is 23.1 Å². The monoisotopic (exact) mass is 310 g/mol. The van der Waals surface area contributed by atoms with E-state index in [0.717, 1.165) is 36.4 Å². The molecule has 1 aliphatic rings. The van der Waals surface area contributed by atoms with Gasteiger partial charge in [0, 0.05) is 12.2 Å². The Kier molecular flexibility index (Phi) is 4.51. The summed E-state index contributed by atoms with van der Waals surface area (Å²) >= 11 is 0. The minimum Gasteiger partial charge on any atom is -0.473 e. The van der Waals surface area contributed by atoms with Crippen LogP contribution in [-0.2, 0) is 6.42 Å². The summed E-state index contributed by atoms with van der Waals surface area (Å²) in [5.74, 6) is 0.810. The lowest BCUT2D eigenvalue weighted by atomic mass is 10.0. The topological polar surface area (TPSA) is 41.6 Å². The highest BCUT2D eigenvalue weighted by atomic mass is 16.5. The van der Waals surface area contributed by atoms with Crippen LogP contribution >= 0.6 is 0 Å². The molecule has 0 fully saturated rings. The number of amides is 2. The van der Waals surface area contributed by atoms with E-state index in [1.54, 1.807) is 4.90 Å². The number of nitrogens with one attached hydrogen (secondary N) is 1. The Balaban J connectivity index is 1.61. The third-order valence-corrected chi connectivity index (χ3v) is 4.36. The Labute approximate surface area is 137 Å². The van der Waals surface area contributed by atoms with E-state index in [1.807, 2.05) is 50.2 Å². The lowest BCUT2D eigenvalue weighted by Gasteiger charge is -2.29. The second kappa shape index (κ2) is 6.73. The summed E-state index contributed by atoms with van der Waals surface area (Å²) in [5, 5.41) is 2.85. The van der Waals surface area contributed by atoms with E-state index in [1.165, 1.54) is 11.1 Å². The van der Waals surface area contributed by atoms with Gasteiger partial charge >= 0.3 is 6.03 Å². The minimum atomic E-state index is -0.109. The van der Waals surface area contributed by atoms with E-state index in [0.29, 0.717) is 0 Å². The molecule has 1 aliphatic heterocycles. The first-order chi connectivity index (χ1) is 11.2. The fourth-order valence-electron chi connectivity index (χ4n) is 2.90. The second-order valence-electron chi connectivity index (χ2n) is 5.85. The van der Waals surface area contributed by atoms with E-state index < -0.39 is 0 Å². The van der Waals surface area contributed by atoms with Gasteiger partial charge < -0.3 is 10.1 Å². The van der Waals surface area contributed by atoms with Gasteiger partial charge in [-0.2, -0.15) is 0 Å². The Morgan fingerprint density at radius 1 is 1.17 bits per heavy atom. The number of carbonyl (C=O) groups excluding carboxylic acids is 1. The Hall–Kier alpha value is -2.49. The van der Waals surface area contributed by atoms with Crippen molar-refractivity contribution in [3.8, 4) is 5.75 Å². The van der Waals surface area contributed by atoms with Crippen LogP contribution in [0.3, 0.4) is 0 Å². The van der Waals surface area contributed by atoms with E-state index in [4.69, 9.17) is 4.74 Å². The predicted octanol–water partition coefficient (Wildman–Crippen LogP) is 3.80. The van der Waals surface area contributed by atoms with Gasteiger partial charge in [-0.3, -0.25) is 4.90 Å². The summed E-state index contributed by atoms with van der Waals surface area (Å²) in [4.78, 5) is 14.2. The van der Waals surface area contributed by atoms with E-state index in [2.05, 4.69) is 11.4 Å². The van der Waals surface area contributed by atoms with Crippen LogP contribution in [0.5, 0.6) is 5.75 Å². The molecule has 2 amide bonds. The van der Waals surface area contributed by atoms with E-state index >= 15 is 0 Å². The number of para-hydroxylation sites is 1. The number of fused-ring (bicyclic) bond motifs is 1. The zero-order valence-electron chi connectivity index (χ0n) is 13.6.